The lowest BCUT2D eigenvalue weighted by Crippen LogP contribution is -2.40. The van der Waals surface area contributed by atoms with Gasteiger partial charge in [0.1, 0.15) is 5.75 Å². The van der Waals surface area contributed by atoms with Crippen molar-refractivity contribution in [2.75, 3.05) is 20.3 Å². The summed E-state index contributed by atoms with van der Waals surface area (Å²) in [6.07, 6.45) is 2.87. The molecule has 2 aromatic rings. The minimum atomic E-state index is 0.429. The summed E-state index contributed by atoms with van der Waals surface area (Å²) in [7, 11) is 1.66. The quantitative estimate of drug-likeness (QED) is 0.818. The molecule has 0 saturated carbocycles. The molecule has 23 heavy (non-hydrogen) atoms. The van der Waals surface area contributed by atoms with Crippen LogP contribution in [-0.2, 0) is 11.3 Å². The van der Waals surface area contributed by atoms with Gasteiger partial charge in [0, 0.05) is 24.3 Å². The number of aromatic nitrogens is 1. The van der Waals surface area contributed by atoms with Crippen molar-refractivity contribution in [2.24, 2.45) is 0 Å². The van der Waals surface area contributed by atoms with Crippen LogP contribution < -0.4 is 4.74 Å². The smallest absolute Gasteiger partial charge is 0.209 e. The highest BCUT2D eigenvalue weighted by Crippen LogP contribution is 2.25. The highest BCUT2D eigenvalue weighted by molar-refractivity contribution is 5.57. The normalized spacial score (nSPS) is 18.0. The summed E-state index contributed by atoms with van der Waals surface area (Å²) in [4.78, 5) is 6.85. The van der Waals surface area contributed by atoms with Gasteiger partial charge in [-0.3, -0.25) is 4.90 Å². The SMILES string of the molecule is COc1ccc(-c2cnc(CN(C(C)C)C3CCOC3)o2)cc1. The Labute approximate surface area is 137 Å². The molecule has 0 aliphatic carbocycles. The Morgan fingerprint density at radius 3 is 2.70 bits per heavy atom. The highest BCUT2D eigenvalue weighted by atomic mass is 16.5. The third kappa shape index (κ3) is 3.74. The molecule has 1 saturated heterocycles. The zero-order chi connectivity index (χ0) is 16.2. The molecule has 2 heterocycles. The lowest BCUT2D eigenvalue weighted by atomic mass is 10.2. The van der Waals surface area contributed by atoms with E-state index in [-0.39, 0.29) is 0 Å². The maximum atomic E-state index is 5.95. The fraction of sp³-hybridized carbons (Fsp3) is 0.500. The molecule has 0 amide bonds. The summed E-state index contributed by atoms with van der Waals surface area (Å²) in [5.74, 6) is 2.37. The van der Waals surface area contributed by atoms with Gasteiger partial charge in [-0.2, -0.15) is 0 Å². The van der Waals surface area contributed by atoms with Crippen LogP contribution in [0.5, 0.6) is 5.75 Å². The van der Waals surface area contributed by atoms with Gasteiger partial charge < -0.3 is 13.9 Å². The molecule has 0 spiro atoms. The third-order valence-corrected chi connectivity index (χ3v) is 4.28. The van der Waals surface area contributed by atoms with Crippen molar-refractivity contribution in [3.8, 4) is 17.1 Å². The fourth-order valence-corrected chi connectivity index (χ4v) is 2.95. The first kappa shape index (κ1) is 16.0. The molecule has 3 rings (SSSR count). The molecule has 124 valence electrons. The number of nitrogens with zero attached hydrogens (tertiary/aromatic N) is 2. The molecule has 0 N–H and O–H groups in total. The van der Waals surface area contributed by atoms with Crippen LogP contribution >= 0.6 is 0 Å². The molecule has 0 bridgehead atoms. The number of rotatable bonds is 6. The predicted molar refractivity (Wildman–Crippen MR) is 88.4 cm³/mol. The van der Waals surface area contributed by atoms with Gasteiger partial charge >= 0.3 is 0 Å². The largest absolute Gasteiger partial charge is 0.497 e. The molecular weight excluding hydrogens is 292 g/mol. The van der Waals surface area contributed by atoms with Gasteiger partial charge in [0.05, 0.1) is 26.5 Å². The maximum absolute atomic E-state index is 5.95. The molecule has 1 fully saturated rings. The molecule has 5 heteroatoms. The zero-order valence-corrected chi connectivity index (χ0v) is 14.0. The van der Waals surface area contributed by atoms with Gasteiger partial charge in [-0.15, -0.1) is 0 Å². The van der Waals surface area contributed by atoms with Crippen LogP contribution in [0.1, 0.15) is 26.2 Å². The van der Waals surface area contributed by atoms with Crippen LogP contribution in [0.25, 0.3) is 11.3 Å². The van der Waals surface area contributed by atoms with E-state index in [4.69, 9.17) is 13.9 Å². The van der Waals surface area contributed by atoms with E-state index >= 15 is 0 Å². The number of hydrogen-bond donors (Lipinski definition) is 0. The predicted octanol–water partition coefficient (Wildman–Crippen LogP) is 3.35. The summed E-state index contributed by atoms with van der Waals surface area (Å²) in [5.41, 5.74) is 1.00. The molecule has 1 aromatic carbocycles. The van der Waals surface area contributed by atoms with E-state index in [2.05, 4.69) is 23.7 Å². The Bertz CT molecular complexity index is 615. The van der Waals surface area contributed by atoms with Crippen molar-refractivity contribution in [3.05, 3.63) is 36.4 Å². The molecule has 1 aromatic heterocycles. The number of methoxy groups -OCH3 is 1. The summed E-state index contributed by atoms with van der Waals surface area (Å²) in [5, 5.41) is 0. The topological polar surface area (TPSA) is 47.7 Å². The Morgan fingerprint density at radius 1 is 1.30 bits per heavy atom. The van der Waals surface area contributed by atoms with Gasteiger partial charge in [-0.1, -0.05) is 0 Å². The van der Waals surface area contributed by atoms with E-state index < -0.39 is 0 Å². The van der Waals surface area contributed by atoms with Crippen LogP contribution in [0, 0.1) is 0 Å². The van der Waals surface area contributed by atoms with Crippen LogP contribution in [-0.4, -0.2) is 42.3 Å². The average Bonchev–Trinajstić information content (AvgIpc) is 3.24. The lowest BCUT2D eigenvalue weighted by Gasteiger charge is -2.30. The third-order valence-electron chi connectivity index (χ3n) is 4.28. The first-order valence-electron chi connectivity index (χ1n) is 8.10. The monoisotopic (exact) mass is 316 g/mol. The summed E-state index contributed by atoms with van der Waals surface area (Å²) in [6.45, 7) is 6.75. The van der Waals surface area contributed by atoms with Crippen molar-refractivity contribution in [3.63, 3.8) is 0 Å². The molecule has 1 unspecified atom stereocenters. The van der Waals surface area contributed by atoms with E-state index in [1.807, 2.05) is 24.3 Å². The molecule has 1 atom stereocenters. The average molecular weight is 316 g/mol. The van der Waals surface area contributed by atoms with Crippen LogP contribution in [0.15, 0.2) is 34.9 Å². The highest BCUT2D eigenvalue weighted by Gasteiger charge is 2.26. The standard InChI is InChI=1S/C18H24N2O3/c1-13(2)20(15-8-9-22-12-15)11-18-19-10-17(23-18)14-4-6-16(21-3)7-5-14/h4-7,10,13,15H,8-9,11-12H2,1-3H3. The number of benzene rings is 1. The minimum absolute atomic E-state index is 0.429. The molecule has 5 nitrogen and oxygen atoms in total. The van der Waals surface area contributed by atoms with E-state index in [1.54, 1.807) is 13.3 Å². The molecular formula is C18H24N2O3. The van der Waals surface area contributed by atoms with Crippen molar-refractivity contribution in [1.82, 2.24) is 9.88 Å². The van der Waals surface area contributed by atoms with Crippen molar-refractivity contribution in [2.45, 2.75) is 38.9 Å². The van der Waals surface area contributed by atoms with E-state index in [1.165, 1.54) is 0 Å². The Morgan fingerprint density at radius 2 is 2.09 bits per heavy atom. The van der Waals surface area contributed by atoms with Crippen LogP contribution in [0.4, 0.5) is 0 Å². The first-order valence-corrected chi connectivity index (χ1v) is 8.10. The van der Waals surface area contributed by atoms with Crippen LogP contribution in [0.3, 0.4) is 0 Å². The molecule has 1 aliphatic rings. The van der Waals surface area contributed by atoms with E-state index in [9.17, 15) is 0 Å². The van der Waals surface area contributed by atoms with Crippen molar-refractivity contribution >= 4 is 0 Å². The van der Waals surface area contributed by atoms with Crippen molar-refractivity contribution in [1.29, 1.82) is 0 Å². The summed E-state index contributed by atoms with van der Waals surface area (Å²) < 4.78 is 16.6. The number of ether oxygens (including phenoxy) is 2. The second-order valence-electron chi connectivity index (χ2n) is 6.13. The fourth-order valence-electron chi connectivity index (χ4n) is 2.95. The van der Waals surface area contributed by atoms with Crippen LogP contribution in [0.2, 0.25) is 0 Å². The lowest BCUT2D eigenvalue weighted by molar-refractivity contribution is 0.106. The maximum Gasteiger partial charge on any atom is 0.209 e. The zero-order valence-electron chi connectivity index (χ0n) is 14.0. The van der Waals surface area contributed by atoms with Crippen molar-refractivity contribution < 1.29 is 13.9 Å². The van der Waals surface area contributed by atoms with Gasteiger partial charge in [0.25, 0.3) is 0 Å². The minimum Gasteiger partial charge on any atom is -0.497 e. The Balaban J connectivity index is 1.72. The molecule has 1 aliphatic heterocycles. The summed E-state index contributed by atoms with van der Waals surface area (Å²) >= 11 is 0. The first-order chi connectivity index (χ1) is 11.2. The van der Waals surface area contributed by atoms with Gasteiger partial charge in [-0.05, 0) is 44.5 Å². The van der Waals surface area contributed by atoms with Gasteiger partial charge in [-0.25, -0.2) is 4.98 Å². The van der Waals surface area contributed by atoms with Gasteiger partial charge in [0.2, 0.25) is 5.89 Å². The van der Waals surface area contributed by atoms with Gasteiger partial charge in [0.15, 0.2) is 5.76 Å². The Kier molecular flexibility index (Phi) is 4.98. The Hall–Kier alpha value is -1.85. The number of hydrogen-bond acceptors (Lipinski definition) is 5. The van der Waals surface area contributed by atoms with E-state index in [0.29, 0.717) is 18.6 Å². The molecule has 0 radical (unpaired) electrons. The second-order valence-corrected chi connectivity index (χ2v) is 6.13. The summed E-state index contributed by atoms with van der Waals surface area (Å²) in [6, 6.07) is 8.69. The second kappa shape index (κ2) is 7.15. The number of oxazole rings is 1. The van der Waals surface area contributed by atoms with E-state index in [0.717, 1.165) is 42.6 Å².